The van der Waals surface area contributed by atoms with Crippen LogP contribution in [0.5, 0.6) is 0 Å². The van der Waals surface area contributed by atoms with Crippen molar-refractivity contribution in [3.05, 3.63) is 78.4 Å². The lowest BCUT2D eigenvalue weighted by molar-refractivity contribution is -0.132. The molecular weight excluding hydrogens is 348 g/mol. The van der Waals surface area contributed by atoms with Crippen LogP contribution < -0.4 is 0 Å². The first-order valence-corrected chi connectivity index (χ1v) is 10.1. The maximum absolute atomic E-state index is 12.5. The number of piperidine rings is 1. The normalized spacial score (nSPS) is 14.9. The Morgan fingerprint density at radius 1 is 0.964 bits per heavy atom. The first kappa shape index (κ1) is 18.4. The molecule has 5 heteroatoms. The number of para-hydroxylation sites is 1. The van der Waals surface area contributed by atoms with Crippen LogP contribution in [0.2, 0.25) is 0 Å². The molecule has 1 amide bonds. The highest BCUT2D eigenvalue weighted by Gasteiger charge is 2.24. The summed E-state index contributed by atoms with van der Waals surface area (Å²) >= 11 is 0. The van der Waals surface area contributed by atoms with Crippen molar-refractivity contribution in [1.82, 2.24) is 19.7 Å². The van der Waals surface area contributed by atoms with Crippen LogP contribution in [0.4, 0.5) is 0 Å². The summed E-state index contributed by atoms with van der Waals surface area (Å²) in [5.74, 6) is 1.82. The quantitative estimate of drug-likeness (QED) is 0.661. The number of amides is 1. The van der Waals surface area contributed by atoms with E-state index in [0.717, 1.165) is 50.3 Å². The first-order chi connectivity index (χ1) is 13.8. The highest BCUT2D eigenvalue weighted by atomic mass is 16.2. The molecule has 0 N–H and O–H groups in total. The van der Waals surface area contributed by atoms with E-state index < -0.39 is 0 Å². The molecule has 144 valence electrons. The third kappa shape index (κ3) is 4.47. The second kappa shape index (κ2) is 8.83. The van der Waals surface area contributed by atoms with Crippen LogP contribution in [0.1, 0.15) is 30.7 Å². The zero-order chi connectivity index (χ0) is 19.2. The molecule has 5 nitrogen and oxygen atoms in total. The molecule has 0 aliphatic carbocycles. The minimum atomic E-state index is 0.273. The predicted molar refractivity (Wildman–Crippen MR) is 109 cm³/mol. The summed E-state index contributed by atoms with van der Waals surface area (Å²) in [6.45, 7) is 1.69. The standard InChI is InChI=1S/C23H26N4O/c28-23(12-11-19-7-3-1-4-8-19)26-15-13-20(14-16-26)17-22-25-24-18-27(22)21-9-5-2-6-10-21/h1-10,18,20H,11-17H2. The van der Waals surface area contributed by atoms with Gasteiger partial charge in [-0.15, -0.1) is 10.2 Å². The Bertz CT molecular complexity index is 883. The molecule has 0 radical (unpaired) electrons. The van der Waals surface area contributed by atoms with Crippen LogP contribution in [-0.2, 0) is 17.6 Å². The first-order valence-electron chi connectivity index (χ1n) is 10.1. The van der Waals surface area contributed by atoms with Crippen LogP contribution in [0.3, 0.4) is 0 Å². The number of likely N-dealkylation sites (tertiary alicyclic amines) is 1. The number of benzene rings is 2. The van der Waals surface area contributed by atoms with E-state index in [2.05, 4.69) is 39.0 Å². The van der Waals surface area contributed by atoms with Gasteiger partial charge in [-0.05, 0) is 42.9 Å². The van der Waals surface area contributed by atoms with Gasteiger partial charge >= 0.3 is 0 Å². The number of carbonyl (C=O) groups is 1. The van der Waals surface area contributed by atoms with E-state index in [9.17, 15) is 4.79 Å². The second-order valence-corrected chi connectivity index (χ2v) is 7.47. The van der Waals surface area contributed by atoms with Gasteiger partial charge < -0.3 is 4.90 Å². The van der Waals surface area contributed by atoms with Gasteiger partial charge in [0.15, 0.2) is 0 Å². The molecule has 2 heterocycles. The van der Waals surface area contributed by atoms with Crippen LogP contribution in [0.15, 0.2) is 67.0 Å². The third-order valence-corrected chi connectivity index (χ3v) is 5.56. The summed E-state index contributed by atoms with van der Waals surface area (Å²) in [4.78, 5) is 14.6. The van der Waals surface area contributed by atoms with Crippen LogP contribution in [0.25, 0.3) is 5.69 Å². The Morgan fingerprint density at radius 3 is 2.36 bits per heavy atom. The number of carbonyl (C=O) groups excluding carboxylic acids is 1. The van der Waals surface area contributed by atoms with Crippen molar-refractivity contribution in [3.8, 4) is 5.69 Å². The van der Waals surface area contributed by atoms with Crippen LogP contribution >= 0.6 is 0 Å². The van der Waals surface area contributed by atoms with Crippen LogP contribution in [-0.4, -0.2) is 38.7 Å². The molecule has 1 aromatic heterocycles. The summed E-state index contributed by atoms with van der Waals surface area (Å²) in [6.07, 6.45) is 6.15. The SMILES string of the molecule is O=C(CCc1ccccc1)N1CCC(Cc2nncn2-c2ccccc2)CC1. The van der Waals surface area contributed by atoms with E-state index in [-0.39, 0.29) is 5.91 Å². The topological polar surface area (TPSA) is 51.0 Å². The minimum Gasteiger partial charge on any atom is -0.343 e. The Labute approximate surface area is 166 Å². The Balaban J connectivity index is 1.28. The van der Waals surface area contributed by atoms with E-state index in [1.807, 2.05) is 41.3 Å². The molecule has 0 atom stereocenters. The number of aryl methyl sites for hydroxylation is 1. The maximum Gasteiger partial charge on any atom is 0.222 e. The molecule has 1 aliphatic heterocycles. The monoisotopic (exact) mass is 374 g/mol. The molecule has 0 bridgehead atoms. The molecule has 3 aromatic rings. The smallest absolute Gasteiger partial charge is 0.222 e. The molecule has 0 saturated carbocycles. The summed E-state index contributed by atoms with van der Waals surface area (Å²) in [5.41, 5.74) is 2.32. The van der Waals surface area contributed by atoms with E-state index in [1.54, 1.807) is 6.33 Å². The number of aromatic nitrogens is 3. The molecule has 28 heavy (non-hydrogen) atoms. The van der Waals surface area contributed by atoms with E-state index in [4.69, 9.17) is 0 Å². The van der Waals surface area contributed by atoms with Gasteiger partial charge in [0.1, 0.15) is 12.2 Å². The van der Waals surface area contributed by atoms with Crippen molar-refractivity contribution in [2.24, 2.45) is 5.92 Å². The van der Waals surface area contributed by atoms with Crippen molar-refractivity contribution in [1.29, 1.82) is 0 Å². The summed E-state index contributed by atoms with van der Waals surface area (Å²) in [7, 11) is 0. The lowest BCUT2D eigenvalue weighted by Crippen LogP contribution is -2.39. The fourth-order valence-corrected chi connectivity index (χ4v) is 3.90. The lowest BCUT2D eigenvalue weighted by Gasteiger charge is -2.32. The third-order valence-electron chi connectivity index (χ3n) is 5.56. The van der Waals surface area contributed by atoms with Crippen molar-refractivity contribution in [2.75, 3.05) is 13.1 Å². The van der Waals surface area contributed by atoms with Gasteiger partial charge in [-0.1, -0.05) is 48.5 Å². The van der Waals surface area contributed by atoms with Gasteiger partial charge in [0, 0.05) is 31.6 Å². The van der Waals surface area contributed by atoms with Gasteiger partial charge in [0.25, 0.3) is 0 Å². The van der Waals surface area contributed by atoms with Gasteiger partial charge in [0.2, 0.25) is 5.91 Å². The fourth-order valence-electron chi connectivity index (χ4n) is 3.90. The summed E-state index contributed by atoms with van der Waals surface area (Å²) < 4.78 is 2.07. The largest absolute Gasteiger partial charge is 0.343 e. The van der Waals surface area contributed by atoms with Gasteiger partial charge in [0.05, 0.1) is 0 Å². The zero-order valence-corrected chi connectivity index (χ0v) is 16.1. The van der Waals surface area contributed by atoms with Crippen LogP contribution in [0, 0.1) is 5.92 Å². The highest BCUT2D eigenvalue weighted by molar-refractivity contribution is 5.76. The number of hydrogen-bond acceptors (Lipinski definition) is 3. The number of rotatable bonds is 6. The van der Waals surface area contributed by atoms with E-state index in [0.29, 0.717) is 12.3 Å². The summed E-state index contributed by atoms with van der Waals surface area (Å²) in [5, 5.41) is 8.44. The Morgan fingerprint density at radius 2 is 1.64 bits per heavy atom. The Kier molecular flexibility index (Phi) is 5.80. The molecule has 1 fully saturated rings. The van der Waals surface area contributed by atoms with Crippen molar-refractivity contribution >= 4 is 5.91 Å². The summed E-state index contributed by atoms with van der Waals surface area (Å²) in [6, 6.07) is 20.4. The second-order valence-electron chi connectivity index (χ2n) is 7.47. The molecule has 2 aromatic carbocycles. The lowest BCUT2D eigenvalue weighted by atomic mass is 9.93. The molecule has 0 spiro atoms. The van der Waals surface area contributed by atoms with E-state index in [1.165, 1.54) is 5.56 Å². The Hall–Kier alpha value is -2.95. The fraction of sp³-hybridized carbons (Fsp3) is 0.348. The van der Waals surface area contributed by atoms with Gasteiger partial charge in [-0.3, -0.25) is 9.36 Å². The van der Waals surface area contributed by atoms with Gasteiger partial charge in [-0.25, -0.2) is 0 Å². The molecule has 0 unspecified atom stereocenters. The van der Waals surface area contributed by atoms with Crippen molar-refractivity contribution in [2.45, 2.75) is 32.1 Å². The average Bonchev–Trinajstić information content (AvgIpc) is 3.22. The maximum atomic E-state index is 12.5. The molecule has 1 aliphatic rings. The molecule has 4 rings (SSSR count). The highest BCUT2D eigenvalue weighted by Crippen LogP contribution is 2.23. The number of nitrogens with zero attached hydrogens (tertiary/aromatic N) is 4. The van der Waals surface area contributed by atoms with Gasteiger partial charge in [-0.2, -0.15) is 0 Å². The zero-order valence-electron chi connectivity index (χ0n) is 16.1. The number of hydrogen-bond donors (Lipinski definition) is 0. The van der Waals surface area contributed by atoms with Crippen molar-refractivity contribution < 1.29 is 4.79 Å². The average molecular weight is 374 g/mol. The molecule has 1 saturated heterocycles. The van der Waals surface area contributed by atoms with Crippen molar-refractivity contribution in [3.63, 3.8) is 0 Å². The predicted octanol–water partition coefficient (Wildman–Crippen LogP) is 3.68. The molecular formula is C23H26N4O. The van der Waals surface area contributed by atoms with E-state index >= 15 is 0 Å². The minimum absolute atomic E-state index is 0.273.